The highest BCUT2D eigenvalue weighted by molar-refractivity contribution is 9.09. The first kappa shape index (κ1) is 16.2. The van der Waals surface area contributed by atoms with Crippen LogP contribution in [0, 0.1) is 0 Å². The third kappa shape index (κ3) is 5.77. The Balaban J connectivity index is 2.48. The van der Waals surface area contributed by atoms with Gasteiger partial charge in [0.25, 0.3) is 0 Å². The molecule has 0 amide bonds. The third-order valence-corrected chi connectivity index (χ3v) is 3.99. The van der Waals surface area contributed by atoms with Gasteiger partial charge in [-0.1, -0.05) is 66.4 Å². The van der Waals surface area contributed by atoms with Gasteiger partial charge in [0, 0.05) is 0 Å². The van der Waals surface area contributed by atoms with E-state index in [0.29, 0.717) is 6.61 Å². The second-order valence-corrected chi connectivity index (χ2v) is 5.58. The van der Waals surface area contributed by atoms with E-state index >= 15 is 0 Å². The van der Waals surface area contributed by atoms with Crippen molar-refractivity contribution in [3.05, 3.63) is 35.4 Å². The van der Waals surface area contributed by atoms with Crippen LogP contribution in [0.3, 0.4) is 0 Å². The number of benzene rings is 1. The molecule has 0 N–H and O–H groups in total. The Bertz CT molecular complexity index is 373. The van der Waals surface area contributed by atoms with Crippen LogP contribution in [0.15, 0.2) is 24.3 Å². The minimum atomic E-state index is -0.360. The molecule has 0 bridgehead atoms. The summed E-state index contributed by atoms with van der Waals surface area (Å²) in [6.07, 6.45) is 6.23. The van der Waals surface area contributed by atoms with Crippen LogP contribution in [0.4, 0.5) is 0 Å². The fourth-order valence-corrected chi connectivity index (χ4v) is 2.40. The maximum Gasteiger partial charge on any atom is 0.324 e. The molecule has 19 heavy (non-hydrogen) atoms. The summed E-state index contributed by atoms with van der Waals surface area (Å²) in [5.74, 6) is -0.224. The molecule has 3 heteroatoms. The molecule has 1 atom stereocenters. The van der Waals surface area contributed by atoms with Gasteiger partial charge in [0.15, 0.2) is 0 Å². The van der Waals surface area contributed by atoms with E-state index in [0.717, 1.165) is 12.0 Å². The smallest absolute Gasteiger partial charge is 0.324 e. The first-order chi connectivity index (χ1) is 9.19. The van der Waals surface area contributed by atoms with E-state index in [1.165, 1.54) is 31.2 Å². The van der Waals surface area contributed by atoms with Gasteiger partial charge in [-0.05, 0) is 30.9 Å². The van der Waals surface area contributed by atoms with Crippen LogP contribution in [-0.2, 0) is 16.0 Å². The number of carbonyl (C=O) groups excluding carboxylic acids is 1. The molecule has 0 aromatic heterocycles. The number of hydrogen-bond donors (Lipinski definition) is 0. The molecule has 0 saturated carbocycles. The molecule has 0 saturated heterocycles. The van der Waals surface area contributed by atoms with Crippen molar-refractivity contribution in [1.29, 1.82) is 0 Å². The number of hydrogen-bond acceptors (Lipinski definition) is 2. The lowest BCUT2D eigenvalue weighted by Gasteiger charge is -2.10. The number of unbranched alkanes of at least 4 members (excludes halogenated alkanes) is 3. The van der Waals surface area contributed by atoms with E-state index in [-0.39, 0.29) is 10.8 Å². The van der Waals surface area contributed by atoms with Crippen LogP contribution in [0.2, 0.25) is 0 Å². The average molecular weight is 327 g/mol. The van der Waals surface area contributed by atoms with Crippen LogP contribution in [0.1, 0.15) is 55.5 Å². The molecule has 106 valence electrons. The lowest BCUT2D eigenvalue weighted by Crippen LogP contribution is -2.10. The molecule has 0 radical (unpaired) electrons. The summed E-state index contributed by atoms with van der Waals surface area (Å²) in [7, 11) is 0. The van der Waals surface area contributed by atoms with Crippen molar-refractivity contribution >= 4 is 21.9 Å². The Kier molecular flexibility index (Phi) is 7.80. The molecule has 0 aliphatic carbocycles. The van der Waals surface area contributed by atoms with Gasteiger partial charge in [-0.15, -0.1) is 0 Å². The van der Waals surface area contributed by atoms with E-state index < -0.39 is 0 Å². The first-order valence-corrected chi connectivity index (χ1v) is 8.00. The van der Waals surface area contributed by atoms with Gasteiger partial charge in [-0.3, -0.25) is 4.79 Å². The monoisotopic (exact) mass is 326 g/mol. The second kappa shape index (κ2) is 9.13. The SMILES string of the molecule is CCCCCCc1ccc([C@H](Br)C(=O)OCC)cc1. The van der Waals surface area contributed by atoms with E-state index in [1.54, 1.807) is 0 Å². The highest BCUT2D eigenvalue weighted by atomic mass is 79.9. The van der Waals surface area contributed by atoms with Crippen LogP contribution in [0.25, 0.3) is 0 Å². The molecule has 0 spiro atoms. The van der Waals surface area contributed by atoms with Crippen molar-refractivity contribution in [2.45, 2.75) is 50.8 Å². The number of rotatable bonds is 8. The van der Waals surface area contributed by atoms with E-state index in [1.807, 2.05) is 19.1 Å². The minimum Gasteiger partial charge on any atom is -0.465 e. The molecular weight excluding hydrogens is 304 g/mol. The number of halogens is 1. The summed E-state index contributed by atoms with van der Waals surface area (Å²) in [6, 6.07) is 8.22. The van der Waals surface area contributed by atoms with Crippen molar-refractivity contribution in [1.82, 2.24) is 0 Å². The molecule has 1 rings (SSSR count). The van der Waals surface area contributed by atoms with Crippen LogP contribution >= 0.6 is 15.9 Å². The molecule has 0 aliphatic rings. The van der Waals surface area contributed by atoms with E-state index in [2.05, 4.69) is 35.0 Å². The summed E-state index contributed by atoms with van der Waals surface area (Å²) in [5, 5.41) is 0. The Morgan fingerprint density at radius 3 is 2.42 bits per heavy atom. The predicted octanol–water partition coefficient (Wildman–Crippen LogP) is 4.81. The number of esters is 1. The van der Waals surface area contributed by atoms with Crippen molar-refractivity contribution < 1.29 is 9.53 Å². The number of alkyl halides is 1. The lowest BCUT2D eigenvalue weighted by molar-refractivity contribution is -0.142. The molecule has 0 aliphatic heterocycles. The number of ether oxygens (including phenoxy) is 1. The molecule has 2 nitrogen and oxygen atoms in total. The summed E-state index contributed by atoms with van der Waals surface area (Å²) in [5.41, 5.74) is 2.29. The fraction of sp³-hybridized carbons (Fsp3) is 0.562. The van der Waals surface area contributed by atoms with Gasteiger partial charge in [0.2, 0.25) is 0 Å². The standard InChI is InChI=1S/C16H23BrO2/c1-3-5-6-7-8-13-9-11-14(12-10-13)15(17)16(18)19-4-2/h9-12,15H,3-8H2,1-2H3/t15-/m0/s1. The molecule has 1 aromatic rings. The number of carbonyl (C=O) groups is 1. The average Bonchev–Trinajstić information content (AvgIpc) is 2.44. The fourth-order valence-electron chi connectivity index (χ4n) is 1.96. The van der Waals surface area contributed by atoms with Gasteiger partial charge in [-0.2, -0.15) is 0 Å². The topological polar surface area (TPSA) is 26.3 Å². The van der Waals surface area contributed by atoms with Crippen molar-refractivity contribution in [2.24, 2.45) is 0 Å². The van der Waals surface area contributed by atoms with E-state index in [9.17, 15) is 4.79 Å². The Hall–Kier alpha value is -0.830. The summed E-state index contributed by atoms with van der Waals surface area (Å²) in [6.45, 7) is 4.45. The van der Waals surface area contributed by atoms with Crippen molar-refractivity contribution in [3.63, 3.8) is 0 Å². The quantitative estimate of drug-likeness (QED) is 0.389. The highest BCUT2D eigenvalue weighted by Gasteiger charge is 2.17. The van der Waals surface area contributed by atoms with Gasteiger partial charge < -0.3 is 4.74 Å². The minimum absolute atomic E-state index is 0.224. The zero-order valence-electron chi connectivity index (χ0n) is 11.8. The molecule has 0 heterocycles. The predicted molar refractivity (Wildman–Crippen MR) is 82.6 cm³/mol. The van der Waals surface area contributed by atoms with Crippen LogP contribution in [0.5, 0.6) is 0 Å². The Morgan fingerprint density at radius 1 is 1.16 bits per heavy atom. The second-order valence-electron chi connectivity index (χ2n) is 4.67. The third-order valence-electron chi connectivity index (χ3n) is 3.08. The molecule has 1 aromatic carbocycles. The van der Waals surface area contributed by atoms with Gasteiger partial charge in [0.1, 0.15) is 4.83 Å². The first-order valence-electron chi connectivity index (χ1n) is 7.08. The summed E-state index contributed by atoms with van der Waals surface area (Å²) >= 11 is 3.38. The maximum absolute atomic E-state index is 11.6. The van der Waals surface area contributed by atoms with Crippen molar-refractivity contribution in [2.75, 3.05) is 6.61 Å². The van der Waals surface area contributed by atoms with Gasteiger partial charge in [-0.25, -0.2) is 0 Å². The van der Waals surface area contributed by atoms with Crippen molar-refractivity contribution in [3.8, 4) is 0 Å². The Morgan fingerprint density at radius 2 is 1.84 bits per heavy atom. The van der Waals surface area contributed by atoms with Crippen LogP contribution in [-0.4, -0.2) is 12.6 Å². The lowest BCUT2D eigenvalue weighted by atomic mass is 10.0. The molecule has 0 unspecified atom stereocenters. The highest BCUT2D eigenvalue weighted by Crippen LogP contribution is 2.24. The van der Waals surface area contributed by atoms with Gasteiger partial charge in [0.05, 0.1) is 6.61 Å². The summed E-state index contributed by atoms with van der Waals surface area (Å²) < 4.78 is 4.99. The maximum atomic E-state index is 11.6. The zero-order chi connectivity index (χ0) is 14.1. The molecule has 0 fully saturated rings. The Labute approximate surface area is 124 Å². The normalized spacial score (nSPS) is 12.2. The van der Waals surface area contributed by atoms with Crippen LogP contribution < -0.4 is 0 Å². The zero-order valence-corrected chi connectivity index (χ0v) is 13.4. The largest absolute Gasteiger partial charge is 0.465 e. The summed E-state index contributed by atoms with van der Waals surface area (Å²) in [4.78, 5) is 11.2. The molecular formula is C16H23BrO2. The number of aryl methyl sites for hydroxylation is 1. The van der Waals surface area contributed by atoms with Gasteiger partial charge >= 0.3 is 5.97 Å². The van der Waals surface area contributed by atoms with E-state index in [4.69, 9.17) is 4.74 Å².